The maximum absolute atomic E-state index is 14.8. The second-order valence-electron chi connectivity index (χ2n) is 9.00. The fourth-order valence-corrected chi connectivity index (χ4v) is 4.53. The van der Waals surface area contributed by atoms with Gasteiger partial charge in [0.25, 0.3) is 11.5 Å². The third-order valence-electron chi connectivity index (χ3n) is 6.51. The summed E-state index contributed by atoms with van der Waals surface area (Å²) in [5.41, 5.74) is 2.52. The van der Waals surface area contributed by atoms with Gasteiger partial charge in [0, 0.05) is 46.9 Å². The van der Waals surface area contributed by atoms with E-state index in [1.165, 1.54) is 47.1 Å². The van der Waals surface area contributed by atoms with E-state index in [1.807, 2.05) is 0 Å². The Hall–Kier alpha value is -5.38. The smallest absolute Gasteiger partial charge is 0.354 e. The Morgan fingerprint density at radius 1 is 0.775 bits per heavy atom. The van der Waals surface area contributed by atoms with Crippen LogP contribution < -0.4 is 10.1 Å². The van der Waals surface area contributed by atoms with Crippen LogP contribution in [-0.2, 0) is 6.54 Å². The van der Waals surface area contributed by atoms with Gasteiger partial charge < -0.3 is 5.11 Å². The molecule has 0 saturated heterocycles. The number of nitrogens with zero attached hydrogens (tertiary/aromatic N) is 5. The minimum atomic E-state index is -0.705. The van der Waals surface area contributed by atoms with Gasteiger partial charge in [0.2, 0.25) is 11.9 Å². The Kier molecular flexibility index (Phi) is 6.27. The first kappa shape index (κ1) is 24.9. The van der Waals surface area contributed by atoms with Crippen LogP contribution in [0.4, 0.5) is 13.2 Å². The molecule has 0 radical (unpaired) electrons. The molecule has 0 aliphatic heterocycles. The van der Waals surface area contributed by atoms with E-state index in [9.17, 15) is 23.1 Å². The normalized spacial score (nSPS) is 11.2. The summed E-state index contributed by atoms with van der Waals surface area (Å²) in [5.74, 6) is -2.20. The van der Waals surface area contributed by atoms with Gasteiger partial charge in [0.1, 0.15) is 12.4 Å². The van der Waals surface area contributed by atoms with Crippen molar-refractivity contribution in [3.63, 3.8) is 0 Å². The molecule has 0 fully saturated rings. The van der Waals surface area contributed by atoms with Gasteiger partial charge in [0.05, 0.1) is 11.9 Å². The molecule has 0 aliphatic carbocycles. The van der Waals surface area contributed by atoms with Crippen LogP contribution in [0.3, 0.4) is 0 Å². The topological polar surface area (TPSA) is 84.3 Å². The van der Waals surface area contributed by atoms with E-state index in [0.29, 0.717) is 28.0 Å². The average molecular weight is 539 g/mol. The van der Waals surface area contributed by atoms with Gasteiger partial charge in [-0.1, -0.05) is 18.2 Å². The van der Waals surface area contributed by atoms with E-state index in [0.717, 1.165) is 6.07 Å². The van der Waals surface area contributed by atoms with Crippen molar-refractivity contribution in [1.82, 2.24) is 19.4 Å². The molecule has 0 bridgehead atoms. The van der Waals surface area contributed by atoms with Crippen molar-refractivity contribution in [2.45, 2.75) is 6.54 Å². The van der Waals surface area contributed by atoms with Gasteiger partial charge >= 0.3 is 5.56 Å². The number of benzene rings is 1. The van der Waals surface area contributed by atoms with E-state index >= 15 is 0 Å². The fourth-order valence-electron chi connectivity index (χ4n) is 4.53. The van der Waals surface area contributed by atoms with Crippen LogP contribution in [-0.4, -0.2) is 24.5 Å². The predicted molar refractivity (Wildman–Crippen MR) is 141 cm³/mol. The summed E-state index contributed by atoms with van der Waals surface area (Å²) in [4.78, 5) is 25.2. The van der Waals surface area contributed by atoms with E-state index in [4.69, 9.17) is 0 Å². The lowest BCUT2D eigenvalue weighted by molar-refractivity contribution is -0.671. The Morgan fingerprint density at radius 3 is 2.17 bits per heavy atom. The van der Waals surface area contributed by atoms with Crippen LogP contribution in [0.2, 0.25) is 0 Å². The van der Waals surface area contributed by atoms with Crippen LogP contribution in [0.1, 0.15) is 5.56 Å². The number of hydrogen-bond donors (Lipinski definition) is 1. The lowest BCUT2D eigenvalue weighted by Gasteiger charge is -2.12. The zero-order valence-corrected chi connectivity index (χ0v) is 20.7. The third-order valence-corrected chi connectivity index (χ3v) is 6.51. The van der Waals surface area contributed by atoms with Crippen LogP contribution >= 0.6 is 0 Å². The van der Waals surface area contributed by atoms with Crippen molar-refractivity contribution in [2.24, 2.45) is 0 Å². The SMILES string of the molecule is O=c1c(-c2ccc(F)c(-c3ccc(F)nc3)c2)c(O)[n+](Cc2ccc(-c3ccc(F)nc3)nc2)c2ccccn12. The van der Waals surface area contributed by atoms with Crippen LogP contribution in [0.15, 0.2) is 102 Å². The highest BCUT2D eigenvalue weighted by atomic mass is 19.1. The molecular formula is C30H19F3N5O2+. The highest BCUT2D eigenvalue weighted by Crippen LogP contribution is 2.30. The molecule has 1 N–H and O–H groups in total. The Bertz CT molecular complexity index is 1920. The summed E-state index contributed by atoms with van der Waals surface area (Å²) in [6.07, 6.45) is 5.78. The van der Waals surface area contributed by atoms with Gasteiger partial charge in [-0.2, -0.15) is 17.7 Å². The number of halogens is 3. The molecule has 0 amide bonds. The number of aromatic hydroxyl groups is 1. The van der Waals surface area contributed by atoms with Gasteiger partial charge in [-0.05, 0) is 54.1 Å². The summed E-state index contributed by atoms with van der Waals surface area (Å²) in [7, 11) is 0. The molecule has 6 aromatic rings. The Morgan fingerprint density at radius 2 is 1.50 bits per heavy atom. The predicted octanol–water partition coefficient (Wildman–Crippen LogP) is 4.94. The first-order valence-corrected chi connectivity index (χ1v) is 12.1. The second-order valence-corrected chi connectivity index (χ2v) is 9.00. The minimum absolute atomic E-state index is 0.0398. The number of aromatic nitrogens is 5. The van der Waals surface area contributed by atoms with Crippen LogP contribution in [0.25, 0.3) is 39.2 Å². The number of hydrogen-bond acceptors (Lipinski definition) is 5. The lowest BCUT2D eigenvalue weighted by atomic mass is 10.0. The van der Waals surface area contributed by atoms with Crippen molar-refractivity contribution in [3.8, 4) is 39.4 Å². The molecule has 7 nitrogen and oxygen atoms in total. The van der Waals surface area contributed by atoms with Gasteiger partial charge in [-0.3, -0.25) is 4.98 Å². The summed E-state index contributed by atoms with van der Waals surface area (Å²) < 4.78 is 44.2. The van der Waals surface area contributed by atoms with E-state index in [2.05, 4.69) is 15.0 Å². The molecule has 0 saturated carbocycles. The molecule has 0 atom stereocenters. The standard InChI is InChI=1S/C30H18F3N5O2/c31-23-8-5-19(13-22(23)20-6-10-25(32)35-15-20)28-29(39)37-12-2-1-3-27(37)38(30(28)40)17-18-4-9-24(34-14-18)21-7-11-26(33)36-16-21/h1-16H,17H2/p+1. The largest absolute Gasteiger partial charge is 0.477 e. The lowest BCUT2D eigenvalue weighted by Crippen LogP contribution is -2.41. The molecule has 5 aromatic heterocycles. The maximum atomic E-state index is 14.8. The van der Waals surface area contributed by atoms with Gasteiger partial charge in [0.15, 0.2) is 5.56 Å². The summed E-state index contributed by atoms with van der Waals surface area (Å²) in [5, 5.41) is 11.4. The number of fused-ring (bicyclic) bond motifs is 1. The third kappa shape index (κ3) is 4.55. The molecule has 10 heteroatoms. The number of pyridine rings is 4. The average Bonchev–Trinajstić information content (AvgIpc) is 2.97. The van der Waals surface area contributed by atoms with Crippen molar-refractivity contribution in [3.05, 3.63) is 131 Å². The monoisotopic (exact) mass is 538 g/mol. The van der Waals surface area contributed by atoms with Crippen LogP contribution in [0.5, 0.6) is 5.88 Å². The summed E-state index contributed by atoms with van der Waals surface area (Å²) in [6, 6.07) is 18.0. The van der Waals surface area contributed by atoms with Crippen molar-refractivity contribution in [2.75, 3.05) is 0 Å². The van der Waals surface area contributed by atoms with Gasteiger partial charge in [-0.15, -0.1) is 0 Å². The molecule has 6 rings (SSSR count). The number of rotatable bonds is 5. The second kappa shape index (κ2) is 10.1. The highest BCUT2D eigenvalue weighted by Gasteiger charge is 2.26. The maximum Gasteiger partial charge on any atom is 0.354 e. The summed E-state index contributed by atoms with van der Waals surface area (Å²) in [6.45, 7) is 0.150. The first-order chi connectivity index (χ1) is 19.4. The van der Waals surface area contributed by atoms with Crippen molar-refractivity contribution >= 4 is 5.65 Å². The summed E-state index contributed by atoms with van der Waals surface area (Å²) >= 11 is 0. The zero-order valence-electron chi connectivity index (χ0n) is 20.7. The first-order valence-electron chi connectivity index (χ1n) is 12.1. The molecule has 0 spiro atoms. The Balaban J connectivity index is 1.46. The molecule has 5 heterocycles. The van der Waals surface area contributed by atoms with E-state index < -0.39 is 23.3 Å². The molecule has 1 aromatic carbocycles. The van der Waals surface area contributed by atoms with E-state index in [1.54, 1.807) is 53.4 Å². The molecule has 0 aliphatic rings. The molecule has 40 heavy (non-hydrogen) atoms. The molecular weight excluding hydrogens is 519 g/mol. The van der Waals surface area contributed by atoms with Crippen LogP contribution in [0, 0.1) is 17.7 Å². The zero-order chi connectivity index (χ0) is 27.8. The van der Waals surface area contributed by atoms with E-state index in [-0.39, 0.29) is 29.1 Å². The van der Waals surface area contributed by atoms with Crippen molar-refractivity contribution in [1.29, 1.82) is 0 Å². The Labute approximate surface area is 225 Å². The van der Waals surface area contributed by atoms with Crippen molar-refractivity contribution < 1.29 is 22.8 Å². The molecule has 196 valence electrons. The highest BCUT2D eigenvalue weighted by molar-refractivity contribution is 5.75. The quantitative estimate of drug-likeness (QED) is 0.248. The minimum Gasteiger partial charge on any atom is -0.477 e. The van der Waals surface area contributed by atoms with Gasteiger partial charge in [-0.25, -0.2) is 19.2 Å². The molecule has 0 unspecified atom stereocenters. The fraction of sp³-hybridized carbons (Fsp3) is 0.0333.